The average molecular weight is 243 g/mol. The molecule has 0 atom stereocenters. The van der Waals surface area contributed by atoms with E-state index in [1.807, 2.05) is 6.79 Å². The summed E-state index contributed by atoms with van der Waals surface area (Å²) in [4.78, 5) is 8.00. The van der Waals surface area contributed by atoms with Crippen molar-refractivity contribution in [3.63, 3.8) is 0 Å². The molecule has 0 saturated carbocycles. The Morgan fingerprint density at radius 2 is 1.77 bits per heavy atom. The number of carbonyl (C=O) groups is 1. The zero-order chi connectivity index (χ0) is 10.5. The highest BCUT2D eigenvalue weighted by Gasteiger charge is 2.12. The first kappa shape index (κ1) is 12.4. The molecule has 0 aliphatic rings. The maximum atomic E-state index is 8.00. The second kappa shape index (κ2) is 5.18. The van der Waals surface area contributed by atoms with Crippen LogP contribution in [0.4, 0.5) is 0 Å². The molecule has 0 spiro atoms. The molecule has 1 rings (SSSR count). The fraction of sp³-hybridized carbons (Fsp3) is 0.364. The predicted molar refractivity (Wildman–Crippen MR) is 60.0 cm³/mol. The van der Waals surface area contributed by atoms with Gasteiger partial charge in [-0.25, -0.2) is 0 Å². The third-order valence-electron chi connectivity index (χ3n) is 1.69. The Bertz CT molecular complexity index is 263. The highest BCUT2D eigenvalue weighted by atomic mass is 79.9. The lowest BCUT2D eigenvalue weighted by Crippen LogP contribution is -2.10. The van der Waals surface area contributed by atoms with E-state index in [1.54, 1.807) is 0 Å². The van der Waals surface area contributed by atoms with Crippen molar-refractivity contribution >= 4 is 22.7 Å². The molecule has 2 heteroatoms. The number of rotatable bonds is 0. The quantitative estimate of drug-likeness (QED) is 0.680. The van der Waals surface area contributed by atoms with Crippen LogP contribution in [0.2, 0.25) is 0 Å². The molecule has 0 unspecified atom stereocenters. The topological polar surface area (TPSA) is 17.1 Å². The standard InChI is InChI=1S/C10H13Br.CH2O/c1-10(2,3)8-5-4-6-9(11)7-8;1-2/h4-7H,1-3H3;1H2. The molecule has 0 N–H and O–H groups in total. The SMILES string of the molecule is C=O.CC(C)(C)c1cccc(Br)c1. The van der Waals surface area contributed by atoms with E-state index in [2.05, 4.69) is 61.0 Å². The van der Waals surface area contributed by atoms with Crippen molar-refractivity contribution in [1.82, 2.24) is 0 Å². The lowest BCUT2D eigenvalue weighted by atomic mass is 9.87. The highest BCUT2D eigenvalue weighted by molar-refractivity contribution is 9.10. The van der Waals surface area contributed by atoms with Crippen LogP contribution >= 0.6 is 15.9 Å². The fourth-order valence-electron chi connectivity index (χ4n) is 0.955. The van der Waals surface area contributed by atoms with Gasteiger partial charge in [0.25, 0.3) is 0 Å². The summed E-state index contributed by atoms with van der Waals surface area (Å²) in [5, 5.41) is 0. The maximum absolute atomic E-state index is 8.00. The van der Waals surface area contributed by atoms with Crippen molar-refractivity contribution in [2.24, 2.45) is 0 Å². The van der Waals surface area contributed by atoms with Crippen LogP contribution in [-0.4, -0.2) is 6.79 Å². The van der Waals surface area contributed by atoms with Gasteiger partial charge in [0.15, 0.2) is 0 Å². The molecule has 72 valence electrons. The number of benzene rings is 1. The minimum Gasteiger partial charge on any atom is -0.307 e. The Hall–Kier alpha value is -0.630. The van der Waals surface area contributed by atoms with Gasteiger partial charge in [-0.3, -0.25) is 0 Å². The molecule has 0 aromatic heterocycles. The summed E-state index contributed by atoms with van der Waals surface area (Å²) in [5.74, 6) is 0. The van der Waals surface area contributed by atoms with Gasteiger partial charge in [0.1, 0.15) is 6.79 Å². The summed E-state index contributed by atoms with van der Waals surface area (Å²) >= 11 is 3.45. The summed E-state index contributed by atoms with van der Waals surface area (Å²) in [7, 11) is 0. The number of carbonyl (C=O) groups excluding carboxylic acids is 1. The molecule has 1 aromatic rings. The van der Waals surface area contributed by atoms with Crippen LogP contribution in [0.1, 0.15) is 26.3 Å². The van der Waals surface area contributed by atoms with Crippen molar-refractivity contribution in [3.8, 4) is 0 Å². The third kappa shape index (κ3) is 4.23. The third-order valence-corrected chi connectivity index (χ3v) is 2.18. The first-order valence-electron chi connectivity index (χ1n) is 4.05. The zero-order valence-corrected chi connectivity index (χ0v) is 9.89. The van der Waals surface area contributed by atoms with E-state index >= 15 is 0 Å². The lowest BCUT2D eigenvalue weighted by Gasteiger charge is -2.18. The normalized spacial score (nSPS) is 10.2. The highest BCUT2D eigenvalue weighted by Crippen LogP contribution is 2.24. The Kier molecular flexibility index (Phi) is 4.92. The van der Waals surface area contributed by atoms with Gasteiger partial charge in [0, 0.05) is 4.47 Å². The van der Waals surface area contributed by atoms with Gasteiger partial charge >= 0.3 is 0 Å². The van der Waals surface area contributed by atoms with E-state index in [9.17, 15) is 0 Å². The van der Waals surface area contributed by atoms with Crippen LogP contribution in [0.15, 0.2) is 28.7 Å². The molecular weight excluding hydrogens is 228 g/mol. The summed E-state index contributed by atoms with van der Waals surface area (Å²) in [5.41, 5.74) is 1.62. The zero-order valence-electron chi connectivity index (χ0n) is 8.30. The van der Waals surface area contributed by atoms with Crippen molar-refractivity contribution in [2.75, 3.05) is 0 Å². The second-order valence-electron chi connectivity index (χ2n) is 3.76. The summed E-state index contributed by atoms with van der Waals surface area (Å²) in [6.45, 7) is 8.65. The number of halogens is 1. The van der Waals surface area contributed by atoms with Crippen LogP contribution < -0.4 is 0 Å². The Morgan fingerprint density at radius 1 is 1.23 bits per heavy atom. The van der Waals surface area contributed by atoms with Crippen molar-refractivity contribution in [2.45, 2.75) is 26.2 Å². The van der Waals surface area contributed by atoms with E-state index < -0.39 is 0 Å². The van der Waals surface area contributed by atoms with Gasteiger partial charge in [-0.15, -0.1) is 0 Å². The first-order chi connectivity index (χ1) is 6.00. The van der Waals surface area contributed by atoms with Gasteiger partial charge < -0.3 is 4.79 Å². The number of hydrogen-bond donors (Lipinski definition) is 0. The van der Waals surface area contributed by atoms with Gasteiger partial charge in [-0.2, -0.15) is 0 Å². The largest absolute Gasteiger partial charge is 0.307 e. The van der Waals surface area contributed by atoms with Gasteiger partial charge in [0.2, 0.25) is 0 Å². The van der Waals surface area contributed by atoms with E-state index in [4.69, 9.17) is 4.79 Å². The summed E-state index contributed by atoms with van der Waals surface area (Å²) in [6, 6.07) is 8.45. The van der Waals surface area contributed by atoms with Crippen LogP contribution in [0.25, 0.3) is 0 Å². The van der Waals surface area contributed by atoms with Gasteiger partial charge in [-0.1, -0.05) is 48.8 Å². The second-order valence-corrected chi connectivity index (χ2v) is 4.68. The molecule has 0 bridgehead atoms. The molecule has 0 radical (unpaired) electrons. The van der Waals surface area contributed by atoms with Crippen LogP contribution in [-0.2, 0) is 10.2 Å². The van der Waals surface area contributed by atoms with Crippen molar-refractivity contribution in [1.29, 1.82) is 0 Å². The fourth-order valence-corrected chi connectivity index (χ4v) is 1.35. The van der Waals surface area contributed by atoms with E-state index in [-0.39, 0.29) is 5.41 Å². The Labute approximate surface area is 88.3 Å². The Morgan fingerprint density at radius 3 is 2.08 bits per heavy atom. The van der Waals surface area contributed by atoms with Crippen LogP contribution in [0, 0.1) is 0 Å². The minimum atomic E-state index is 0.254. The molecule has 1 aromatic carbocycles. The molecule has 0 heterocycles. The molecule has 0 fully saturated rings. The molecule has 1 nitrogen and oxygen atoms in total. The van der Waals surface area contributed by atoms with E-state index in [1.165, 1.54) is 5.56 Å². The average Bonchev–Trinajstić information content (AvgIpc) is 2.06. The van der Waals surface area contributed by atoms with Crippen LogP contribution in [0.5, 0.6) is 0 Å². The number of hydrogen-bond acceptors (Lipinski definition) is 1. The molecular formula is C11H15BrO. The maximum Gasteiger partial charge on any atom is 0.106 e. The molecule has 0 aliphatic carbocycles. The van der Waals surface area contributed by atoms with E-state index in [0.717, 1.165) is 4.47 Å². The van der Waals surface area contributed by atoms with Crippen LogP contribution in [0.3, 0.4) is 0 Å². The minimum absolute atomic E-state index is 0.254. The predicted octanol–water partition coefficient (Wildman–Crippen LogP) is 3.56. The monoisotopic (exact) mass is 242 g/mol. The molecule has 0 saturated heterocycles. The van der Waals surface area contributed by atoms with E-state index in [0.29, 0.717) is 0 Å². The molecule has 13 heavy (non-hydrogen) atoms. The van der Waals surface area contributed by atoms with Gasteiger partial charge in [0.05, 0.1) is 0 Å². The first-order valence-corrected chi connectivity index (χ1v) is 4.84. The Balaban J connectivity index is 0.000000671. The molecule has 0 aliphatic heterocycles. The van der Waals surface area contributed by atoms with Gasteiger partial charge in [-0.05, 0) is 23.1 Å². The summed E-state index contributed by atoms with van der Waals surface area (Å²) < 4.78 is 1.16. The van der Waals surface area contributed by atoms with Crippen molar-refractivity contribution in [3.05, 3.63) is 34.3 Å². The smallest absolute Gasteiger partial charge is 0.106 e. The van der Waals surface area contributed by atoms with Crippen molar-refractivity contribution < 1.29 is 4.79 Å². The summed E-state index contributed by atoms with van der Waals surface area (Å²) in [6.07, 6.45) is 0. The molecule has 0 amide bonds. The lowest BCUT2D eigenvalue weighted by molar-refractivity contribution is -0.0979.